The van der Waals surface area contributed by atoms with Crippen molar-refractivity contribution in [3.63, 3.8) is 0 Å². The summed E-state index contributed by atoms with van der Waals surface area (Å²) in [6, 6.07) is 1.42. The summed E-state index contributed by atoms with van der Waals surface area (Å²) in [7, 11) is -4.13. The molecule has 2 unspecified atom stereocenters. The Morgan fingerprint density at radius 2 is 2.05 bits per heavy atom. The van der Waals surface area contributed by atoms with Crippen molar-refractivity contribution in [1.82, 2.24) is 4.31 Å². The van der Waals surface area contributed by atoms with Gasteiger partial charge < -0.3 is 10.5 Å². The van der Waals surface area contributed by atoms with Gasteiger partial charge in [-0.25, -0.2) is 17.2 Å². The minimum Gasteiger partial charge on any atom is -0.399 e. The zero-order chi connectivity index (χ0) is 15.2. The normalized spacial score (nSPS) is 26.8. The summed E-state index contributed by atoms with van der Waals surface area (Å²) in [4.78, 5) is -0.701. The molecule has 21 heavy (non-hydrogen) atoms. The van der Waals surface area contributed by atoms with Gasteiger partial charge in [0.2, 0.25) is 10.0 Å². The molecule has 3 rings (SSSR count). The minimum atomic E-state index is -4.13. The summed E-state index contributed by atoms with van der Waals surface area (Å²) in [5, 5.41) is 0. The molecule has 2 atom stereocenters. The second-order valence-electron chi connectivity index (χ2n) is 5.34. The van der Waals surface area contributed by atoms with Crippen LogP contribution in [0.25, 0.3) is 0 Å². The molecular weight excluding hydrogens is 302 g/mol. The molecule has 1 saturated heterocycles. The first-order chi connectivity index (χ1) is 9.91. The standard InChI is InChI=1S/C13H16F2N2O3S/c14-9-6-8(16)7-12(13(9)15)21(18,19)17-4-5-20-11-3-1-2-10(11)17/h6-7,10-11H,1-5,16H2. The Kier molecular flexibility index (Phi) is 3.62. The fraction of sp³-hybridized carbons (Fsp3) is 0.538. The summed E-state index contributed by atoms with van der Waals surface area (Å²) in [6.07, 6.45) is 2.14. The van der Waals surface area contributed by atoms with E-state index in [9.17, 15) is 17.2 Å². The lowest BCUT2D eigenvalue weighted by atomic mass is 10.2. The van der Waals surface area contributed by atoms with E-state index in [-0.39, 0.29) is 31.0 Å². The first-order valence-corrected chi connectivity index (χ1v) is 8.23. The third-order valence-corrected chi connectivity index (χ3v) is 5.96. The second kappa shape index (κ2) is 5.19. The Labute approximate surface area is 121 Å². The van der Waals surface area contributed by atoms with Crippen LogP contribution in [0.2, 0.25) is 0 Å². The van der Waals surface area contributed by atoms with Gasteiger partial charge in [0.15, 0.2) is 11.6 Å². The van der Waals surface area contributed by atoms with Gasteiger partial charge in [-0.3, -0.25) is 0 Å². The highest BCUT2D eigenvalue weighted by atomic mass is 32.2. The van der Waals surface area contributed by atoms with Crippen LogP contribution in [0.4, 0.5) is 14.5 Å². The smallest absolute Gasteiger partial charge is 0.246 e. The van der Waals surface area contributed by atoms with E-state index in [0.29, 0.717) is 6.42 Å². The molecule has 0 aromatic heterocycles. The molecule has 1 aromatic carbocycles. The number of benzene rings is 1. The lowest BCUT2D eigenvalue weighted by Crippen LogP contribution is -2.51. The number of sulfonamides is 1. The number of nitrogen functional groups attached to an aromatic ring is 1. The van der Waals surface area contributed by atoms with Crippen molar-refractivity contribution in [2.45, 2.75) is 36.3 Å². The molecule has 1 heterocycles. The summed E-state index contributed by atoms with van der Waals surface area (Å²) in [6.45, 7) is 0.395. The van der Waals surface area contributed by atoms with Gasteiger partial charge in [-0.05, 0) is 31.4 Å². The quantitative estimate of drug-likeness (QED) is 0.839. The van der Waals surface area contributed by atoms with Gasteiger partial charge in [0.05, 0.1) is 18.8 Å². The van der Waals surface area contributed by atoms with Crippen molar-refractivity contribution in [3.8, 4) is 0 Å². The van der Waals surface area contributed by atoms with E-state index in [4.69, 9.17) is 10.5 Å². The number of anilines is 1. The van der Waals surface area contributed by atoms with Crippen LogP contribution in [0, 0.1) is 11.6 Å². The molecule has 5 nitrogen and oxygen atoms in total. The van der Waals surface area contributed by atoms with Crippen molar-refractivity contribution in [2.75, 3.05) is 18.9 Å². The van der Waals surface area contributed by atoms with E-state index in [2.05, 4.69) is 0 Å². The Bertz CT molecular complexity index is 666. The highest BCUT2D eigenvalue weighted by molar-refractivity contribution is 7.89. The Morgan fingerprint density at radius 1 is 1.29 bits per heavy atom. The van der Waals surface area contributed by atoms with Gasteiger partial charge in [-0.15, -0.1) is 0 Å². The van der Waals surface area contributed by atoms with Gasteiger partial charge in [0, 0.05) is 12.2 Å². The van der Waals surface area contributed by atoms with E-state index >= 15 is 0 Å². The molecule has 0 bridgehead atoms. The van der Waals surface area contributed by atoms with Crippen molar-refractivity contribution >= 4 is 15.7 Å². The van der Waals surface area contributed by atoms with E-state index in [1.54, 1.807) is 0 Å². The lowest BCUT2D eigenvalue weighted by molar-refractivity contribution is -0.0242. The fourth-order valence-electron chi connectivity index (χ4n) is 3.09. The predicted octanol–water partition coefficient (Wildman–Crippen LogP) is 1.49. The molecule has 0 spiro atoms. The molecule has 1 aliphatic carbocycles. The van der Waals surface area contributed by atoms with Gasteiger partial charge in [0.25, 0.3) is 0 Å². The van der Waals surface area contributed by atoms with Crippen LogP contribution in [0.5, 0.6) is 0 Å². The van der Waals surface area contributed by atoms with Crippen molar-refractivity contribution in [1.29, 1.82) is 0 Å². The Balaban J connectivity index is 2.04. The number of hydrogen-bond donors (Lipinski definition) is 1. The molecule has 2 N–H and O–H groups in total. The van der Waals surface area contributed by atoms with Gasteiger partial charge in [-0.2, -0.15) is 4.31 Å². The number of rotatable bonds is 2. The van der Waals surface area contributed by atoms with Crippen LogP contribution in [0.15, 0.2) is 17.0 Å². The molecule has 116 valence electrons. The molecule has 0 radical (unpaired) electrons. The molecule has 1 aromatic rings. The van der Waals surface area contributed by atoms with E-state index in [1.807, 2.05) is 0 Å². The topological polar surface area (TPSA) is 72.6 Å². The maximum Gasteiger partial charge on any atom is 0.246 e. The van der Waals surface area contributed by atoms with Crippen molar-refractivity contribution in [3.05, 3.63) is 23.8 Å². The lowest BCUT2D eigenvalue weighted by Gasteiger charge is -2.36. The van der Waals surface area contributed by atoms with Gasteiger partial charge in [0.1, 0.15) is 4.90 Å². The number of nitrogens with zero attached hydrogens (tertiary/aromatic N) is 1. The largest absolute Gasteiger partial charge is 0.399 e. The number of nitrogens with two attached hydrogens (primary N) is 1. The zero-order valence-electron chi connectivity index (χ0n) is 11.3. The van der Waals surface area contributed by atoms with Crippen LogP contribution in [-0.4, -0.2) is 38.0 Å². The van der Waals surface area contributed by atoms with Crippen LogP contribution in [0.3, 0.4) is 0 Å². The predicted molar refractivity (Wildman–Crippen MR) is 72.0 cm³/mol. The SMILES string of the molecule is Nc1cc(F)c(F)c(S(=O)(=O)N2CCOC3CCCC32)c1. The van der Waals surface area contributed by atoms with Gasteiger partial charge >= 0.3 is 0 Å². The zero-order valence-corrected chi connectivity index (χ0v) is 12.1. The number of morpholine rings is 1. The minimum absolute atomic E-state index is 0.122. The first-order valence-electron chi connectivity index (χ1n) is 6.79. The van der Waals surface area contributed by atoms with Gasteiger partial charge in [-0.1, -0.05) is 0 Å². The Morgan fingerprint density at radius 3 is 2.81 bits per heavy atom. The summed E-state index contributed by atoms with van der Waals surface area (Å²) in [5.74, 6) is -2.64. The second-order valence-corrected chi connectivity index (χ2v) is 7.20. The van der Waals surface area contributed by atoms with E-state index in [1.165, 1.54) is 4.31 Å². The number of ether oxygens (including phenoxy) is 1. The maximum atomic E-state index is 13.9. The highest BCUT2D eigenvalue weighted by Gasteiger charge is 2.43. The monoisotopic (exact) mass is 318 g/mol. The fourth-order valence-corrected chi connectivity index (χ4v) is 4.86. The average Bonchev–Trinajstić information content (AvgIpc) is 2.90. The third-order valence-electron chi connectivity index (χ3n) is 4.03. The van der Waals surface area contributed by atoms with Crippen molar-refractivity contribution < 1.29 is 21.9 Å². The molecular formula is C13H16F2N2O3S. The number of halogens is 2. The number of hydrogen-bond acceptors (Lipinski definition) is 4. The highest BCUT2D eigenvalue weighted by Crippen LogP contribution is 2.34. The molecule has 1 aliphatic heterocycles. The van der Waals surface area contributed by atoms with Crippen LogP contribution in [0.1, 0.15) is 19.3 Å². The molecule has 2 aliphatic rings. The van der Waals surface area contributed by atoms with Crippen LogP contribution in [-0.2, 0) is 14.8 Å². The van der Waals surface area contributed by atoms with Crippen molar-refractivity contribution in [2.24, 2.45) is 0 Å². The summed E-state index contributed by atoms with van der Waals surface area (Å²) < 4.78 is 59.4. The summed E-state index contributed by atoms with van der Waals surface area (Å²) >= 11 is 0. The van der Waals surface area contributed by atoms with Crippen LogP contribution >= 0.6 is 0 Å². The maximum absolute atomic E-state index is 13.9. The summed E-state index contributed by atoms with van der Waals surface area (Å²) in [5.41, 5.74) is 5.33. The number of fused-ring (bicyclic) bond motifs is 1. The Hall–Kier alpha value is -1.25. The first kappa shape index (κ1) is 14.7. The molecule has 1 saturated carbocycles. The molecule has 8 heteroatoms. The van der Waals surface area contributed by atoms with Crippen LogP contribution < -0.4 is 5.73 Å². The third kappa shape index (κ3) is 2.41. The molecule has 2 fully saturated rings. The van der Waals surface area contributed by atoms with E-state index in [0.717, 1.165) is 25.0 Å². The van der Waals surface area contributed by atoms with E-state index < -0.39 is 26.6 Å². The average molecular weight is 318 g/mol. The molecule has 0 amide bonds.